The molecule has 0 saturated carbocycles. The van der Waals surface area contributed by atoms with E-state index < -0.39 is 0 Å². The fourth-order valence-electron chi connectivity index (χ4n) is 1.26. The molecule has 0 bridgehead atoms. The van der Waals surface area contributed by atoms with Gasteiger partial charge in [-0.3, -0.25) is 4.79 Å². The van der Waals surface area contributed by atoms with Gasteiger partial charge >= 0.3 is 0 Å². The van der Waals surface area contributed by atoms with Crippen LogP contribution in [0.5, 0.6) is 0 Å². The van der Waals surface area contributed by atoms with Crippen molar-refractivity contribution in [2.24, 2.45) is 5.41 Å². The summed E-state index contributed by atoms with van der Waals surface area (Å²) >= 11 is 3.44. The van der Waals surface area contributed by atoms with Gasteiger partial charge in [0.25, 0.3) is 5.91 Å². The summed E-state index contributed by atoms with van der Waals surface area (Å²) < 4.78 is 0.876. The van der Waals surface area contributed by atoms with Crippen LogP contribution in [-0.4, -0.2) is 12.5 Å². The van der Waals surface area contributed by atoms with E-state index in [9.17, 15) is 4.79 Å². The third kappa shape index (κ3) is 3.63. The lowest BCUT2D eigenvalue weighted by atomic mass is 9.97. The summed E-state index contributed by atoms with van der Waals surface area (Å²) in [7, 11) is 0. The van der Waals surface area contributed by atoms with E-state index in [2.05, 4.69) is 42.0 Å². The third-order valence-electron chi connectivity index (χ3n) is 2.22. The number of amides is 1. The first-order valence-electron chi connectivity index (χ1n) is 5.34. The molecule has 1 rings (SSSR count). The standard InChI is InChI=1S/C13H18BrNO/c1-9-6-5-7-10(11(9)14)12(16)15-8-13(2,3)4/h5-7H,8H2,1-4H3,(H,15,16). The van der Waals surface area contributed by atoms with E-state index in [0.717, 1.165) is 10.0 Å². The minimum atomic E-state index is -0.0227. The fraction of sp³-hybridized carbons (Fsp3) is 0.462. The molecule has 88 valence electrons. The highest BCUT2D eigenvalue weighted by atomic mass is 79.9. The summed E-state index contributed by atoms with van der Waals surface area (Å²) in [6.45, 7) is 8.94. The van der Waals surface area contributed by atoms with E-state index in [1.165, 1.54) is 0 Å². The van der Waals surface area contributed by atoms with Gasteiger partial charge in [0, 0.05) is 11.0 Å². The van der Waals surface area contributed by atoms with Crippen LogP contribution in [0.2, 0.25) is 0 Å². The SMILES string of the molecule is Cc1cccc(C(=O)NCC(C)(C)C)c1Br. The second-order valence-corrected chi connectivity index (χ2v) is 5.97. The Morgan fingerprint density at radius 3 is 2.56 bits per heavy atom. The smallest absolute Gasteiger partial charge is 0.252 e. The molecule has 1 aromatic rings. The Morgan fingerprint density at radius 2 is 2.00 bits per heavy atom. The largest absolute Gasteiger partial charge is 0.351 e. The Morgan fingerprint density at radius 1 is 1.38 bits per heavy atom. The fourth-order valence-corrected chi connectivity index (χ4v) is 1.71. The highest BCUT2D eigenvalue weighted by Gasteiger charge is 2.15. The maximum Gasteiger partial charge on any atom is 0.252 e. The number of benzene rings is 1. The van der Waals surface area contributed by atoms with E-state index in [-0.39, 0.29) is 11.3 Å². The van der Waals surface area contributed by atoms with Crippen LogP contribution in [0.1, 0.15) is 36.7 Å². The monoisotopic (exact) mass is 283 g/mol. The minimum Gasteiger partial charge on any atom is -0.351 e. The molecule has 0 aliphatic rings. The zero-order valence-electron chi connectivity index (χ0n) is 10.2. The van der Waals surface area contributed by atoms with Crippen LogP contribution in [0, 0.1) is 12.3 Å². The summed E-state index contributed by atoms with van der Waals surface area (Å²) in [5, 5.41) is 2.94. The van der Waals surface area contributed by atoms with Crippen LogP contribution < -0.4 is 5.32 Å². The molecule has 0 radical (unpaired) electrons. The van der Waals surface area contributed by atoms with Gasteiger partial charge in [0.2, 0.25) is 0 Å². The average Bonchev–Trinajstić information content (AvgIpc) is 2.17. The first-order valence-corrected chi connectivity index (χ1v) is 6.14. The van der Waals surface area contributed by atoms with Gasteiger partial charge in [-0.05, 0) is 39.9 Å². The lowest BCUT2D eigenvalue weighted by molar-refractivity contribution is 0.0938. The molecule has 2 nitrogen and oxygen atoms in total. The molecule has 1 aromatic carbocycles. The van der Waals surface area contributed by atoms with Crippen LogP contribution >= 0.6 is 15.9 Å². The molecule has 0 fully saturated rings. The van der Waals surface area contributed by atoms with E-state index >= 15 is 0 Å². The van der Waals surface area contributed by atoms with Gasteiger partial charge in [-0.2, -0.15) is 0 Å². The van der Waals surface area contributed by atoms with E-state index in [1.807, 2.05) is 25.1 Å². The maximum atomic E-state index is 11.9. The van der Waals surface area contributed by atoms with Crippen LogP contribution in [-0.2, 0) is 0 Å². The summed E-state index contributed by atoms with van der Waals surface area (Å²) in [5.74, 6) is -0.0227. The Balaban J connectivity index is 2.78. The summed E-state index contributed by atoms with van der Waals surface area (Å²) in [6, 6.07) is 5.70. The second-order valence-electron chi connectivity index (χ2n) is 5.18. The van der Waals surface area contributed by atoms with Gasteiger partial charge in [-0.25, -0.2) is 0 Å². The molecular weight excluding hydrogens is 266 g/mol. The molecule has 0 unspecified atom stereocenters. The Labute approximate surface area is 106 Å². The van der Waals surface area contributed by atoms with Crippen molar-refractivity contribution in [2.75, 3.05) is 6.54 Å². The Kier molecular flexibility index (Phi) is 4.14. The van der Waals surface area contributed by atoms with E-state index in [0.29, 0.717) is 12.1 Å². The first kappa shape index (κ1) is 13.2. The zero-order chi connectivity index (χ0) is 12.3. The lowest BCUT2D eigenvalue weighted by Crippen LogP contribution is -2.32. The number of carbonyl (C=O) groups is 1. The number of hydrogen-bond acceptors (Lipinski definition) is 1. The van der Waals surface area contributed by atoms with Crippen LogP contribution in [0.15, 0.2) is 22.7 Å². The van der Waals surface area contributed by atoms with Crippen molar-refractivity contribution in [3.8, 4) is 0 Å². The number of nitrogens with one attached hydrogen (secondary N) is 1. The lowest BCUT2D eigenvalue weighted by Gasteiger charge is -2.19. The third-order valence-corrected chi connectivity index (χ3v) is 3.27. The highest BCUT2D eigenvalue weighted by molar-refractivity contribution is 9.10. The van der Waals surface area contributed by atoms with Gasteiger partial charge in [-0.1, -0.05) is 32.9 Å². The predicted molar refractivity (Wildman–Crippen MR) is 70.7 cm³/mol. The molecule has 16 heavy (non-hydrogen) atoms. The normalized spacial score (nSPS) is 11.3. The van der Waals surface area contributed by atoms with Crippen LogP contribution in [0.3, 0.4) is 0 Å². The molecule has 0 aliphatic heterocycles. The quantitative estimate of drug-likeness (QED) is 0.884. The van der Waals surface area contributed by atoms with Crippen molar-refractivity contribution in [3.63, 3.8) is 0 Å². The molecule has 0 aromatic heterocycles. The molecular formula is C13H18BrNO. The molecule has 0 saturated heterocycles. The predicted octanol–water partition coefficient (Wildman–Crippen LogP) is 3.53. The summed E-state index contributed by atoms with van der Waals surface area (Å²) in [6.07, 6.45) is 0. The Bertz CT molecular complexity index is 393. The van der Waals surface area contributed by atoms with Crippen molar-refractivity contribution < 1.29 is 4.79 Å². The minimum absolute atomic E-state index is 0.0227. The van der Waals surface area contributed by atoms with Gasteiger partial charge in [-0.15, -0.1) is 0 Å². The van der Waals surface area contributed by atoms with Crippen molar-refractivity contribution >= 4 is 21.8 Å². The van der Waals surface area contributed by atoms with Crippen LogP contribution in [0.4, 0.5) is 0 Å². The van der Waals surface area contributed by atoms with Crippen molar-refractivity contribution in [1.29, 1.82) is 0 Å². The number of carbonyl (C=O) groups excluding carboxylic acids is 1. The molecule has 3 heteroatoms. The van der Waals surface area contributed by atoms with Gasteiger partial charge in [0.05, 0.1) is 5.56 Å². The number of rotatable bonds is 2. The van der Waals surface area contributed by atoms with Gasteiger partial charge in [0.1, 0.15) is 0 Å². The van der Waals surface area contributed by atoms with Gasteiger partial charge < -0.3 is 5.32 Å². The average molecular weight is 284 g/mol. The summed E-state index contributed by atoms with van der Waals surface area (Å²) in [4.78, 5) is 11.9. The summed E-state index contributed by atoms with van der Waals surface area (Å²) in [5.41, 5.74) is 1.87. The number of halogens is 1. The number of hydrogen-bond donors (Lipinski definition) is 1. The number of aryl methyl sites for hydroxylation is 1. The molecule has 0 atom stereocenters. The Hall–Kier alpha value is -0.830. The molecule has 1 N–H and O–H groups in total. The molecule has 1 amide bonds. The molecule has 0 spiro atoms. The zero-order valence-corrected chi connectivity index (χ0v) is 11.8. The van der Waals surface area contributed by atoms with Crippen molar-refractivity contribution in [1.82, 2.24) is 5.32 Å². The highest BCUT2D eigenvalue weighted by Crippen LogP contribution is 2.21. The van der Waals surface area contributed by atoms with Crippen molar-refractivity contribution in [3.05, 3.63) is 33.8 Å². The van der Waals surface area contributed by atoms with E-state index in [1.54, 1.807) is 0 Å². The molecule has 0 heterocycles. The topological polar surface area (TPSA) is 29.1 Å². The van der Waals surface area contributed by atoms with Gasteiger partial charge in [0.15, 0.2) is 0 Å². The first-order chi connectivity index (χ1) is 7.31. The van der Waals surface area contributed by atoms with Crippen LogP contribution in [0.25, 0.3) is 0 Å². The second kappa shape index (κ2) is 5.00. The van der Waals surface area contributed by atoms with Crippen molar-refractivity contribution in [2.45, 2.75) is 27.7 Å². The maximum absolute atomic E-state index is 11.9. The molecule has 0 aliphatic carbocycles. The van der Waals surface area contributed by atoms with E-state index in [4.69, 9.17) is 0 Å².